The molecule has 0 amide bonds. The molecule has 0 aliphatic rings. The zero-order valence-electron chi connectivity index (χ0n) is 14.8. The van der Waals surface area contributed by atoms with Gasteiger partial charge in [-0.25, -0.2) is 4.98 Å². The van der Waals surface area contributed by atoms with E-state index in [1.807, 2.05) is 13.2 Å². The number of rotatable bonds is 8. The molecule has 0 radical (unpaired) electrons. The first kappa shape index (κ1) is 18.2. The zero-order chi connectivity index (χ0) is 18.5. The van der Waals surface area contributed by atoms with E-state index in [0.29, 0.717) is 6.54 Å². The van der Waals surface area contributed by atoms with Crippen molar-refractivity contribution < 1.29 is 4.92 Å². The number of nitro groups is 1. The molecular formula is C18H21N5O2S. The molecule has 0 aliphatic heterocycles. The Morgan fingerprint density at radius 3 is 2.73 bits per heavy atom. The molecule has 0 aliphatic carbocycles. The fourth-order valence-electron chi connectivity index (χ4n) is 2.72. The van der Waals surface area contributed by atoms with Crippen molar-refractivity contribution in [3.05, 3.63) is 62.2 Å². The van der Waals surface area contributed by atoms with E-state index in [1.165, 1.54) is 17.1 Å². The van der Waals surface area contributed by atoms with Crippen molar-refractivity contribution >= 4 is 17.0 Å². The summed E-state index contributed by atoms with van der Waals surface area (Å²) in [5.41, 5.74) is 3.99. The van der Waals surface area contributed by atoms with Gasteiger partial charge in [0.2, 0.25) is 0 Å². The quantitative estimate of drug-likeness (QED) is 0.373. The third-order valence-corrected chi connectivity index (χ3v) is 5.07. The lowest BCUT2D eigenvalue weighted by atomic mass is 10.1. The van der Waals surface area contributed by atoms with Crippen LogP contribution in [0.4, 0.5) is 5.69 Å². The number of hydrogen-bond acceptors (Lipinski definition) is 6. The third kappa shape index (κ3) is 4.33. The Hall–Kier alpha value is -2.58. The predicted molar refractivity (Wildman–Crippen MR) is 102 cm³/mol. The van der Waals surface area contributed by atoms with E-state index in [4.69, 9.17) is 0 Å². The number of nitro benzene ring substituents is 1. The SMILES string of the molecule is CCc1nc(CCNCc2cn(C)nc2-c2ccc([N+](=O)[O-])cc2)cs1. The Labute approximate surface area is 155 Å². The first-order valence-electron chi connectivity index (χ1n) is 8.48. The monoisotopic (exact) mass is 371 g/mol. The molecule has 8 heteroatoms. The number of benzene rings is 1. The molecule has 1 N–H and O–H groups in total. The van der Waals surface area contributed by atoms with Crippen LogP contribution in [0.2, 0.25) is 0 Å². The molecule has 3 aromatic rings. The van der Waals surface area contributed by atoms with Gasteiger partial charge in [-0.3, -0.25) is 14.8 Å². The molecule has 2 aromatic heterocycles. The summed E-state index contributed by atoms with van der Waals surface area (Å²) in [5, 5.41) is 22.0. The molecule has 0 bridgehead atoms. The summed E-state index contributed by atoms with van der Waals surface area (Å²) in [4.78, 5) is 15.0. The topological polar surface area (TPSA) is 85.9 Å². The molecule has 0 fully saturated rings. The number of non-ortho nitro benzene ring substituents is 1. The standard InChI is InChI=1S/C18H21N5O2S/c1-3-17-20-15(12-26-17)8-9-19-10-14-11-22(2)21-18(14)13-4-6-16(7-5-13)23(24)25/h4-7,11-12,19H,3,8-10H2,1-2H3. The van der Waals surface area contributed by atoms with Crippen LogP contribution in [-0.2, 0) is 26.4 Å². The lowest BCUT2D eigenvalue weighted by molar-refractivity contribution is -0.384. The highest BCUT2D eigenvalue weighted by Crippen LogP contribution is 2.24. The lowest BCUT2D eigenvalue weighted by Gasteiger charge is -2.05. The molecule has 0 saturated heterocycles. The van der Waals surface area contributed by atoms with Crippen molar-refractivity contribution in [2.75, 3.05) is 6.54 Å². The molecule has 0 spiro atoms. The van der Waals surface area contributed by atoms with E-state index in [-0.39, 0.29) is 5.69 Å². The highest BCUT2D eigenvalue weighted by molar-refractivity contribution is 7.09. The van der Waals surface area contributed by atoms with Crippen LogP contribution in [0, 0.1) is 10.1 Å². The Bertz CT molecular complexity index is 885. The van der Waals surface area contributed by atoms with E-state index in [1.54, 1.807) is 28.2 Å². The fourth-order valence-corrected chi connectivity index (χ4v) is 3.50. The maximum Gasteiger partial charge on any atom is 0.269 e. The number of aryl methyl sites for hydroxylation is 2. The van der Waals surface area contributed by atoms with Crippen LogP contribution < -0.4 is 5.32 Å². The Kier molecular flexibility index (Phi) is 5.75. The number of hydrogen-bond donors (Lipinski definition) is 1. The maximum absolute atomic E-state index is 10.8. The van der Waals surface area contributed by atoms with Crippen molar-refractivity contribution in [3.8, 4) is 11.3 Å². The van der Waals surface area contributed by atoms with Gasteiger partial charge in [0.25, 0.3) is 5.69 Å². The van der Waals surface area contributed by atoms with Crippen LogP contribution in [-0.4, -0.2) is 26.2 Å². The number of thiazole rings is 1. The van der Waals surface area contributed by atoms with Crippen molar-refractivity contribution in [3.63, 3.8) is 0 Å². The summed E-state index contributed by atoms with van der Waals surface area (Å²) in [6, 6.07) is 6.50. The lowest BCUT2D eigenvalue weighted by Crippen LogP contribution is -2.17. The van der Waals surface area contributed by atoms with Crippen molar-refractivity contribution in [2.45, 2.75) is 26.3 Å². The highest BCUT2D eigenvalue weighted by atomic mass is 32.1. The van der Waals surface area contributed by atoms with Crippen LogP contribution >= 0.6 is 11.3 Å². The molecule has 0 unspecified atom stereocenters. The van der Waals surface area contributed by atoms with Crippen LogP contribution in [0.1, 0.15) is 23.2 Å². The average molecular weight is 371 g/mol. The van der Waals surface area contributed by atoms with Gasteiger partial charge in [-0.1, -0.05) is 6.92 Å². The normalized spacial score (nSPS) is 11.0. The number of nitrogens with zero attached hydrogens (tertiary/aromatic N) is 4. The average Bonchev–Trinajstić information content (AvgIpc) is 3.25. The van der Waals surface area contributed by atoms with E-state index in [0.717, 1.165) is 41.9 Å². The summed E-state index contributed by atoms with van der Waals surface area (Å²) < 4.78 is 1.77. The molecule has 26 heavy (non-hydrogen) atoms. The molecule has 3 rings (SSSR count). The predicted octanol–water partition coefficient (Wildman–Crippen LogP) is 3.35. The van der Waals surface area contributed by atoms with Crippen molar-refractivity contribution in [2.24, 2.45) is 7.05 Å². The minimum absolute atomic E-state index is 0.0825. The third-order valence-electron chi connectivity index (χ3n) is 4.03. The Morgan fingerprint density at radius 2 is 2.08 bits per heavy atom. The summed E-state index contributed by atoms with van der Waals surface area (Å²) in [6.45, 7) is 3.63. The number of nitrogens with one attached hydrogen (secondary N) is 1. The molecule has 7 nitrogen and oxygen atoms in total. The van der Waals surface area contributed by atoms with E-state index >= 15 is 0 Å². The Balaban J connectivity index is 1.62. The smallest absolute Gasteiger partial charge is 0.269 e. The van der Waals surface area contributed by atoms with Gasteiger partial charge in [-0.15, -0.1) is 11.3 Å². The van der Waals surface area contributed by atoms with Gasteiger partial charge in [0, 0.05) is 61.4 Å². The zero-order valence-corrected chi connectivity index (χ0v) is 15.6. The second-order valence-electron chi connectivity index (χ2n) is 5.99. The largest absolute Gasteiger partial charge is 0.312 e. The number of aromatic nitrogens is 3. The minimum Gasteiger partial charge on any atom is -0.312 e. The highest BCUT2D eigenvalue weighted by Gasteiger charge is 2.12. The van der Waals surface area contributed by atoms with Crippen molar-refractivity contribution in [1.29, 1.82) is 0 Å². The fraction of sp³-hybridized carbons (Fsp3) is 0.333. The van der Waals surface area contributed by atoms with E-state index in [9.17, 15) is 10.1 Å². The van der Waals surface area contributed by atoms with Gasteiger partial charge in [0.1, 0.15) is 0 Å². The Morgan fingerprint density at radius 1 is 1.31 bits per heavy atom. The first-order chi connectivity index (χ1) is 12.6. The van der Waals surface area contributed by atoms with Crippen LogP contribution in [0.3, 0.4) is 0 Å². The molecule has 136 valence electrons. The molecule has 1 aromatic carbocycles. The second-order valence-corrected chi connectivity index (χ2v) is 6.94. The van der Waals surface area contributed by atoms with Gasteiger partial charge in [0.15, 0.2) is 0 Å². The van der Waals surface area contributed by atoms with Crippen molar-refractivity contribution in [1.82, 2.24) is 20.1 Å². The van der Waals surface area contributed by atoms with E-state index < -0.39 is 4.92 Å². The molecular weight excluding hydrogens is 350 g/mol. The first-order valence-corrected chi connectivity index (χ1v) is 9.36. The summed E-state index contributed by atoms with van der Waals surface area (Å²) in [5.74, 6) is 0. The summed E-state index contributed by atoms with van der Waals surface area (Å²) in [6.07, 6.45) is 3.85. The minimum atomic E-state index is -0.396. The molecule has 2 heterocycles. The van der Waals surface area contributed by atoms with Gasteiger partial charge >= 0.3 is 0 Å². The maximum atomic E-state index is 10.8. The van der Waals surface area contributed by atoms with Gasteiger partial charge in [0.05, 0.1) is 21.3 Å². The summed E-state index contributed by atoms with van der Waals surface area (Å²) >= 11 is 1.71. The van der Waals surface area contributed by atoms with Crippen LogP contribution in [0.15, 0.2) is 35.8 Å². The summed E-state index contributed by atoms with van der Waals surface area (Å²) in [7, 11) is 1.87. The van der Waals surface area contributed by atoms with Crippen LogP contribution in [0.25, 0.3) is 11.3 Å². The van der Waals surface area contributed by atoms with Gasteiger partial charge < -0.3 is 5.32 Å². The van der Waals surface area contributed by atoms with Crippen LogP contribution in [0.5, 0.6) is 0 Å². The molecule has 0 saturated carbocycles. The molecule has 0 atom stereocenters. The van der Waals surface area contributed by atoms with E-state index in [2.05, 4.69) is 27.7 Å². The van der Waals surface area contributed by atoms with Gasteiger partial charge in [-0.2, -0.15) is 5.10 Å². The van der Waals surface area contributed by atoms with Gasteiger partial charge in [-0.05, 0) is 18.6 Å². The second kappa shape index (κ2) is 8.20.